The van der Waals surface area contributed by atoms with Crippen LogP contribution in [0.3, 0.4) is 0 Å². The Morgan fingerprint density at radius 3 is 2.89 bits per heavy atom. The van der Waals surface area contributed by atoms with E-state index in [2.05, 4.69) is 5.32 Å². The number of hydrogen-bond donors (Lipinski definition) is 1. The van der Waals surface area contributed by atoms with Crippen LogP contribution in [0.1, 0.15) is 18.4 Å². The summed E-state index contributed by atoms with van der Waals surface area (Å²) in [6.07, 6.45) is 0.708. The van der Waals surface area contributed by atoms with Crippen molar-refractivity contribution in [2.24, 2.45) is 5.92 Å². The molecule has 0 aromatic heterocycles. The molecule has 98 valence electrons. The van der Waals surface area contributed by atoms with Crippen molar-refractivity contribution in [3.63, 3.8) is 0 Å². The zero-order chi connectivity index (χ0) is 12.6. The highest BCUT2D eigenvalue weighted by atomic mass is 19.3. The van der Waals surface area contributed by atoms with Crippen molar-refractivity contribution in [3.05, 3.63) is 23.8 Å². The highest BCUT2D eigenvalue weighted by molar-refractivity contribution is 5.45. The average molecular weight is 255 g/mol. The fraction of sp³-hybridized carbons (Fsp3) is 0.538. The van der Waals surface area contributed by atoms with E-state index in [1.165, 1.54) is 12.1 Å². The molecule has 0 aliphatic carbocycles. The molecular weight excluding hydrogens is 240 g/mol. The van der Waals surface area contributed by atoms with Gasteiger partial charge in [-0.15, -0.1) is 0 Å². The van der Waals surface area contributed by atoms with E-state index in [9.17, 15) is 8.78 Å². The summed E-state index contributed by atoms with van der Waals surface area (Å²) in [6.45, 7) is 1.62. The molecule has 0 amide bonds. The maximum absolute atomic E-state index is 14.2. The minimum Gasteiger partial charge on any atom is -0.454 e. The lowest BCUT2D eigenvalue weighted by molar-refractivity contribution is -0.0269. The van der Waals surface area contributed by atoms with Crippen molar-refractivity contribution in [1.82, 2.24) is 5.32 Å². The van der Waals surface area contributed by atoms with Gasteiger partial charge in [0.05, 0.1) is 0 Å². The topological polar surface area (TPSA) is 30.5 Å². The van der Waals surface area contributed by atoms with Gasteiger partial charge in [-0.05, 0) is 43.6 Å². The van der Waals surface area contributed by atoms with Gasteiger partial charge in [-0.25, -0.2) is 8.78 Å². The first-order chi connectivity index (χ1) is 8.65. The van der Waals surface area contributed by atoms with E-state index in [1.54, 1.807) is 6.07 Å². The van der Waals surface area contributed by atoms with Crippen LogP contribution >= 0.6 is 0 Å². The SMILES string of the molecule is FC(F)(CC1CCNC1)c1ccc2c(c1)OCO2. The van der Waals surface area contributed by atoms with Gasteiger partial charge in [-0.1, -0.05) is 0 Å². The van der Waals surface area contributed by atoms with E-state index in [0.717, 1.165) is 13.0 Å². The Kier molecular flexibility index (Phi) is 2.86. The molecule has 2 aliphatic rings. The number of rotatable bonds is 3. The second kappa shape index (κ2) is 4.39. The van der Waals surface area contributed by atoms with Crippen molar-refractivity contribution in [3.8, 4) is 11.5 Å². The van der Waals surface area contributed by atoms with Crippen LogP contribution in [0, 0.1) is 5.92 Å². The number of halogens is 2. The van der Waals surface area contributed by atoms with Gasteiger partial charge in [0.1, 0.15) is 0 Å². The number of nitrogens with one attached hydrogen (secondary N) is 1. The van der Waals surface area contributed by atoms with Crippen molar-refractivity contribution in [2.75, 3.05) is 19.9 Å². The predicted molar refractivity (Wildman–Crippen MR) is 62.1 cm³/mol. The van der Waals surface area contributed by atoms with Gasteiger partial charge in [0, 0.05) is 12.0 Å². The summed E-state index contributed by atoms with van der Waals surface area (Å²) in [5, 5.41) is 3.11. The van der Waals surface area contributed by atoms with E-state index in [-0.39, 0.29) is 24.7 Å². The summed E-state index contributed by atoms with van der Waals surface area (Å²) < 4.78 is 38.6. The van der Waals surface area contributed by atoms with Crippen molar-refractivity contribution >= 4 is 0 Å². The number of ether oxygens (including phenoxy) is 2. The molecular formula is C13H15F2NO2. The van der Waals surface area contributed by atoms with Crippen LogP contribution in [0.5, 0.6) is 11.5 Å². The summed E-state index contributed by atoms with van der Waals surface area (Å²) in [7, 11) is 0. The molecule has 3 nitrogen and oxygen atoms in total. The first-order valence-electron chi connectivity index (χ1n) is 6.14. The third-order valence-electron chi connectivity index (χ3n) is 3.50. The first kappa shape index (κ1) is 11.7. The second-order valence-electron chi connectivity index (χ2n) is 4.84. The molecule has 1 unspecified atom stereocenters. The predicted octanol–water partition coefficient (Wildman–Crippen LogP) is 2.51. The van der Waals surface area contributed by atoms with Crippen molar-refractivity contribution in [1.29, 1.82) is 0 Å². The number of hydrogen-bond acceptors (Lipinski definition) is 3. The van der Waals surface area contributed by atoms with Crippen LogP contribution in [0.15, 0.2) is 18.2 Å². The Balaban J connectivity index is 1.79. The fourth-order valence-electron chi connectivity index (χ4n) is 2.49. The van der Waals surface area contributed by atoms with E-state index in [1.807, 2.05) is 0 Å². The Morgan fingerprint density at radius 2 is 2.11 bits per heavy atom. The number of fused-ring (bicyclic) bond motifs is 1. The highest BCUT2D eigenvalue weighted by Crippen LogP contribution is 2.41. The number of alkyl halides is 2. The molecule has 0 bridgehead atoms. The molecule has 1 fully saturated rings. The third-order valence-corrected chi connectivity index (χ3v) is 3.50. The molecule has 5 heteroatoms. The number of benzene rings is 1. The van der Waals surface area contributed by atoms with Crippen LogP contribution in [0.4, 0.5) is 8.78 Å². The van der Waals surface area contributed by atoms with Crippen LogP contribution < -0.4 is 14.8 Å². The van der Waals surface area contributed by atoms with Crippen LogP contribution in [0.25, 0.3) is 0 Å². The second-order valence-corrected chi connectivity index (χ2v) is 4.84. The molecule has 18 heavy (non-hydrogen) atoms. The van der Waals surface area contributed by atoms with Gasteiger partial charge < -0.3 is 14.8 Å². The van der Waals surface area contributed by atoms with E-state index in [4.69, 9.17) is 9.47 Å². The minimum absolute atomic E-state index is 0.0126. The van der Waals surface area contributed by atoms with Gasteiger partial charge in [-0.3, -0.25) is 0 Å². The van der Waals surface area contributed by atoms with Gasteiger partial charge in [-0.2, -0.15) is 0 Å². The van der Waals surface area contributed by atoms with E-state index >= 15 is 0 Å². The zero-order valence-corrected chi connectivity index (χ0v) is 9.92. The van der Waals surface area contributed by atoms with E-state index in [0.29, 0.717) is 18.0 Å². The largest absolute Gasteiger partial charge is 0.454 e. The summed E-state index contributed by atoms with van der Waals surface area (Å²) >= 11 is 0. The summed E-state index contributed by atoms with van der Waals surface area (Å²) in [6, 6.07) is 4.37. The van der Waals surface area contributed by atoms with Crippen LogP contribution in [-0.4, -0.2) is 19.9 Å². The van der Waals surface area contributed by atoms with Gasteiger partial charge in [0.2, 0.25) is 6.79 Å². The summed E-state index contributed by atoms with van der Waals surface area (Å²) in [4.78, 5) is 0. The molecule has 0 saturated carbocycles. The van der Waals surface area contributed by atoms with Crippen molar-refractivity contribution in [2.45, 2.75) is 18.8 Å². The molecule has 1 atom stereocenters. The lowest BCUT2D eigenvalue weighted by Gasteiger charge is -2.20. The van der Waals surface area contributed by atoms with Gasteiger partial charge in [0.25, 0.3) is 5.92 Å². The maximum atomic E-state index is 14.2. The third kappa shape index (κ3) is 2.14. The molecule has 1 saturated heterocycles. The monoisotopic (exact) mass is 255 g/mol. The quantitative estimate of drug-likeness (QED) is 0.900. The molecule has 1 N–H and O–H groups in total. The van der Waals surface area contributed by atoms with Crippen LogP contribution in [-0.2, 0) is 5.92 Å². The molecule has 2 aliphatic heterocycles. The normalized spacial score (nSPS) is 22.4. The van der Waals surface area contributed by atoms with Gasteiger partial charge >= 0.3 is 0 Å². The Labute approximate surface area is 104 Å². The summed E-state index contributed by atoms with van der Waals surface area (Å²) in [5.41, 5.74) is 0.0126. The minimum atomic E-state index is -2.81. The molecule has 1 aromatic carbocycles. The van der Waals surface area contributed by atoms with Gasteiger partial charge in [0.15, 0.2) is 11.5 Å². The Hall–Kier alpha value is -1.36. The Morgan fingerprint density at radius 1 is 1.28 bits per heavy atom. The molecule has 0 radical (unpaired) electrons. The smallest absolute Gasteiger partial charge is 0.273 e. The van der Waals surface area contributed by atoms with Crippen molar-refractivity contribution < 1.29 is 18.3 Å². The highest BCUT2D eigenvalue weighted by Gasteiger charge is 2.36. The average Bonchev–Trinajstić information content (AvgIpc) is 2.97. The van der Waals surface area contributed by atoms with Crippen LogP contribution in [0.2, 0.25) is 0 Å². The molecule has 2 heterocycles. The molecule has 3 rings (SSSR count). The standard InChI is InChI=1S/C13H15F2NO2/c14-13(15,6-9-3-4-16-7-9)10-1-2-11-12(5-10)18-8-17-11/h1-2,5,9,16H,3-4,6-8H2. The maximum Gasteiger partial charge on any atom is 0.273 e. The molecule has 1 aromatic rings. The lowest BCUT2D eigenvalue weighted by atomic mass is 9.95. The lowest BCUT2D eigenvalue weighted by Crippen LogP contribution is -2.20. The Bertz CT molecular complexity index is 445. The summed E-state index contributed by atoms with van der Waals surface area (Å²) in [5.74, 6) is -1.81. The van der Waals surface area contributed by atoms with E-state index < -0.39 is 5.92 Å². The zero-order valence-electron chi connectivity index (χ0n) is 9.92. The molecule has 0 spiro atoms. The fourth-order valence-corrected chi connectivity index (χ4v) is 2.49. The first-order valence-corrected chi connectivity index (χ1v) is 6.14.